The summed E-state index contributed by atoms with van der Waals surface area (Å²) < 4.78 is 0. The number of nitrogens with zero attached hydrogens (tertiary/aromatic N) is 1. The molecule has 1 atom stereocenters. The van der Waals surface area contributed by atoms with Gasteiger partial charge in [-0.1, -0.05) is 20.3 Å². The van der Waals surface area contributed by atoms with Gasteiger partial charge in [-0.2, -0.15) is 12.6 Å². The Labute approximate surface area is 81.9 Å². The maximum atomic E-state index is 4.42. The first-order chi connectivity index (χ1) is 5.75. The van der Waals surface area contributed by atoms with E-state index in [0.717, 1.165) is 11.7 Å². The van der Waals surface area contributed by atoms with E-state index in [1.54, 1.807) is 0 Å². The van der Waals surface area contributed by atoms with Crippen LogP contribution in [0.25, 0.3) is 0 Å². The fraction of sp³-hybridized carbons (Fsp3) is 1.00. The number of hydrogen-bond donors (Lipinski definition) is 1. The van der Waals surface area contributed by atoms with Crippen molar-refractivity contribution in [2.24, 2.45) is 5.92 Å². The van der Waals surface area contributed by atoms with Gasteiger partial charge in [0.25, 0.3) is 0 Å². The van der Waals surface area contributed by atoms with Crippen LogP contribution in [0, 0.1) is 5.92 Å². The lowest BCUT2D eigenvalue weighted by Gasteiger charge is -2.36. The summed E-state index contributed by atoms with van der Waals surface area (Å²) in [6.45, 7) is 7.19. The second-order valence-corrected chi connectivity index (χ2v) is 4.46. The van der Waals surface area contributed by atoms with Crippen molar-refractivity contribution in [2.75, 3.05) is 18.8 Å². The molecule has 0 spiro atoms. The summed E-state index contributed by atoms with van der Waals surface area (Å²) >= 11 is 4.42. The minimum absolute atomic E-state index is 0.702. The van der Waals surface area contributed by atoms with E-state index in [1.165, 1.54) is 32.4 Å². The summed E-state index contributed by atoms with van der Waals surface area (Å²) in [5.74, 6) is 1.76. The van der Waals surface area contributed by atoms with Crippen LogP contribution in [0.15, 0.2) is 0 Å². The number of hydrogen-bond acceptors (Lipinski definition) is 2. The molecule has 1 aliphatic rings. The summed E-state index contributed by atoms with van der Waals surface area (Å²) in [7, 11) is 0. The third-order valence-electron chi connectivity index (χ3n) is 2.82. The predicted octanol–water partition coefficient (Wildman–Crippen LogP) is 2.43. The zero-order valence-corrected chi connectivity index (χ0v) is 9.19. The number of piperidine rings is 1. The molecule has 0 aromatic carbocycles. The van der Waals surface area contributed by atoms with Crippen LogP contribution >= 0.6 is 12.6 Å². The quantitative estimate of drug-likeness (QED) is 0.664. The van der Waals surface area contributed by atoms with Gasteiger partial charge in [0.05, 0.1) is 0 Å². The number of likely N-dealkylation sites (tertiary alicyclic amines) is 1. The summed E-state index contributed by atoms with van der Waals surface area (Å²) in [5, 5.41) is 0. The summed E-state index contributed by atoms with van der Waals surface area (Å²) in [4.78, 5) is 2.61. The van der Waals surface area contributed by atoms with Gasteiger partial charge in [0, 0.05) is 11.8 Å². The molecule has 0 N–H and O–H groups in total. The van der Waals surface area contributed by atoms with Crippen molar-refractivity contribution < 1.29 is 0 Å². The normalized spacial score (nSPS) is 23.0. The highest BCUT2D eigenvalue weighted by molar-refractivity contribution is 7.80. The molecule has 12 heavy (non-hydrogen) atoms. The fourth-order valence-corrected chi connectivity index (χ4v) is 2.65. The highest BCUT2D eigenvalue weighted by atomic mass is 32.1. The van der Waals surface area contributed by atoms with Gasteiger partial charge < -0.3 is 0 Å². The van der Waals surface area contributed by atoms with Crippen molar-refractivity contribution in [1.29, 1.82) is 0 Å². The van der Waals surface area contributed by atoms with Crippen molar-refractivity contribution >= 4 is 12.6 Å². The molecule has 1 fully saturated rings. The van der Waals surface area contributed by atoms with E-state index in [0.29, 0.717) is 6.04 Å². The smallest absolute Gasteiger partial charge is 0.0206 e. The van der Waals surface area contributed by atoms with Crippen LogP contribution < -0.4 is 0 Å². The van der Waals surface area contributed by atoms with Gasteiger partial charge in [0.2, 0.25) is 0 Å². The van der Waals surface area contributed by atoms with Gasteiger partial charge in [-0.05, 0) is 31.8 Å². The molecule has 1 rings (SSSR count). The van der Waals surface area contributed by atoms with E-state index < -0.39 is 0 Å². The maximum Gasteiger partial charge on any atom is 0.0206 e. The molecule has 72 valence electrons. The average molecular weight is 187 g/mol. The lowest BCUT2D eigenvalue weighted by atomic mass is 10.0. The van der Waals surface area contributed by atoms with Gasteiger partial charge in [-0.15, -0.1) is 0 Å². The molecule has 0 aliphatic carbocycles. The minimum atomic E-state index is 0.702. The van der Waals surface area contributed by atoms with Gasteiger partial charge in [0.1, 0.15) is 0 Å². The van der Waals surface area contributed by atoms with E-state index in [4.69, 9.17) is 0 Å². The molecular weight excluding hydrogens is 166 g/mol. The lowest BCUT2D eigenvalue weighted by Crippen LogP contribution is -2.43. The Morgan fingerprint density at radius 1 is 1.17 bits per heavy atom. The summed E-state index contributed by atoms with van der Waals surface area (Å²) in [5.41, 5.74) is 0. The van der Waals surface area contributed by atoms with Crippen LogP contribution in [0.2, 0.25) is 0 Å². The topological polar surface area (TPSA) is 3.24 Å². The molecule has 1 heterocycles. The Balaban J connectivity index is 2.40. The Bertz CT molecular complexity index is 119. The van der Waals surface area contributed by atoms with Crippen molar-refractivity contribution in [3.63, 3.8) is 0 Å². The van der Waals surface area contributed by atoms with Crippen molar-refractivity contribution in [3.8, 4) is 0 Å². The highest BCUT2D eigenvalue weighted by Gasteiger charge is 2.21. The Morgan fingerprint density at radius 3 is 2.17 bits per heavy atom. The van der Waals surface area contributed by atoms with Gasteiger partial charge >= 0.3 is 0 Å². The average Bonchev–Trinajstić information content (AvgIpc) is 2.07. The van der Waals surface area contributed by atoms with E-state index in [1.807, 2.05) is 0 Å². The van der Waals surface area contributed by atoms with Gasteiger partial charge in [-0.25, -0.2) is 0 Å². The molecule has 0 amide bonds. The van der Waals surface area contributed by atoms with Crippen LogP contribution in [0.4, 0.5) is 0 Å². The molecule has 0 radical (unpaired) electrons. The third kappa shape index (κ3) is 2.67. The maximum absolute atomic E-state index is 4.42. The standard InChI is InChI=1S/C10H21NS/c1-9(2)10(8-12)11-6-4-3-5-7-11/h9-10,12H,3-8H2,1-2H3/t10-/m1/s1. The minimum Gasteiger partial charge on any atom is -0.299 e. The summed E-state index contributed by atoms with van der Waals surface area (Å²) in [6.07, 6.45) is 4.20. The molecule has 1 aliphatic heterocycles. The third-order valence-corrected chi connectivity index (χ3v) is 3.19. The van der Waals surface area contributed by atoms with Crippen LogP contribution in [0.5, 0.6) is 0 Å². The molecule has 0 bridgehead atoms. The molecule has 2 heteroatoms. The van der Waals surface area contributed by atoms with E-state index >= 15 is 0 Å². The molecule has 0 aromatic heterocycles. The molecule has 1 nitrogen and oxygen atoms in total. The van der Waals surface area contributed by atoms with E-state index in [-0.39, 0.29) is 0 Å². The zero-order chi connectivity index (χ0) is 8.97. The SMILES string of the molecule is CC(C)[C@@H](CS)N1CCCCC1. The fourth-order valence-electron chi connectivity index (χ4n) is 2.00. The second kappa shape index (κ2) is 5.13. The Morgan fingerprint density at radius 2 is 1.75 bits per heavy atom. The van der Waals surface area contributed by atoms with Crippen LogP contribution in [-0.2, 0) is 0 Å². The molecule has 0 unspecified atom stereocenters. The largest absolute Gasteiger partial charge is 0.299 e. The first-order valence-electron chi connectivity index (χ1n) is 5.10. The molecular formula is C10H21NS. The van der Waals surface area contributed by atoms with Crippen molar-refractivity contribution in [3.05, 3.63) is 0 Å². The second-order valence-electron chi connectivity index (χ2n) is 4.09. The molecule has 0 saturated carbocycles. The van der Waals surface area contributed by atoms with Crippen LogP contribution in [0.1, 0.15) is 33.1 Å². The number of rotatable bonds is 3. The van der Waals surface area contributed by atoms with E-state index in [2.05, 4.69) is 31.4 Å². The molecule has 1 saturated heterocycles. The predicted molar refractivity (Wildman–Crippen MR) is 57.9 cm³/mol. The molecule has 0 aromatic rings. The number of thiol groups is 1. The van der Waals surface area contributed by atoms with Gasteiger partial charge in [0.15, 0.2) is 0 Å². The van der Waals surface area contributed by atoms with Crippen molar-refractivity contribution in [1.82, 2.24) is 4.90 Å². The van der Waals surface area contributed by atoms with Crippen LogP contribution in [0.3, 0.4) is 0 Å². The Hall–Kier alpha value is 0.310. The first kappa shape index (κ1) is 10.4. The van der Waals surface area contributed by atoms with Gasteiger partial charge in [-0.3, -0.25) is 4.90 Å². The zero-order valence-electron chi connectivity index (χ0n) is 8.29. The highest BCUT2D eigenvalue weighted by Crippen LogP contribution is 2.18. The van der Waals surface area contributed by atoms with Crippen LogP contribution in [-0.4, -0.2) is 29.8 Å². The lowest BCUT2D eigenvalue weighted by molar-refractivity contribution is 0.144. The Kier molecular flexibility index (Phi) is 4.44. The first-order valence-corrected chi connectivity index (χ1v) is 5.74. The summed E-state index contributed by atoms with van der Waals surface area (Å²) in [6, 6.07) is 0.702. The van der Waals surface area contributed by atoms with Crippen molar-refractivity contribution in [2.45, 2.75) is 39.2 Å². The monoisotopic (exact) mass is 187 g/mol. The van der Waals surface area contributed by atoms with E-state index in [9.17, 15) is 0 Å².